The van der Waals surface area contributed by atoms with E-state index in [0.29, 0.717) is 5.75 Å². The molecule has 94 valence electrons. The molecule has 2 rings (SSSR count). The zero-order valence-electron chi connectivity index (χ0n) is 10.1. The number of carbonyl (C=O) groups is 1. The molecule has 2 aromatic rings. The van der Waals surface area contributed by atoms with Crippen LogP contribution in [0.25, 0.3) is 10.9 Å². The van der Waals surface area contributed by atoms with Crippen molar-refractivity contribution < 1.29 is 9.53 Å². The Morgan fingerprint density at radius 3 is 2.72 bits per heavy atom. The van der Waals surface area contributed by atoms with Crippen molar-refractivity contribution in [1.82, 2.24) is 4.57 Å². The number of fused-ring (bicyclic) bond motifs is 1. The SMILES string of the molecule is COc1ccc2ccc(=O)n(CCC(N)=O)c2c1. The van der Waals surface area contributed by atoms with Crippen molar-refractivity contribution >= 4 is 16.8 Å². The van der Waals surface area contributed by atoms with Crippen LogP contribution in [-0.4, -0.2) is 17.6 Å². The number of benzene rings is 1. The first-order valence-electron chi connectivity index (χ1n) is 5.58. The molecule has 5 heteroatoms. The molecule has 0 aliphatic carbocycles. The largest absolute Gasteiger partial charge is 0.497 e. The number of hydrogen-bond donors (Lipinski definition) is 1. The highest BCUT2D eigenvalue weighted by atomic mass is 16.5. The molecular formula is C13H14N2O3. The van der Waals surface area contributed by atoms with Crippen molar-refractivity contribution in [3.63, 3.8) is 0 Å². The molecule has 0 spiro atoms. The van der Waals surface area contributed by atoms with Gasteiger partial charge in [-0.2, -0.15) is 0 Å². The van der Waals surface area contributed by atoms with Crippen LogP contribution in [-0.2, 0) is 11.3 Å². The number of aryl methyl sites for hydroxylation is 1. The quantitative estimate of drug-likeness (QED) is 0.870. The topological polar surface area (TPSA) is 74.3 Å². The van der Waals surface area contributed by atoms with E-state index in [1.54, 1.807) is 19.2 Å². The van der Waals surface area contributed by atoms with Crippen LogP contribution in [0, 0.1) is 0 Å². The van der Waals surface area contributed by atoms with Gasteiger partial charge in [-0.1, -0.05) is 0 Å². The molecule has 1 aromatic carbocycles. The van der Waals surface area contributed by atoms with E-state index in [4.69, 9.17) is 10.5 Å². The van der Waals surface area contributed by atoms with Gasteiger partial charge in [0.25, 0.3) is 5.56 Å². The zero-order valence-corrected chi connectivity index (χ0v) is 10.1. The second-order valence-corrected chi connectivity index (χ2v) is 3.96. The third kappa shape index (κ3) is 2.34. The van der Waals surface area contributed by atoms with E-state index < -0.39 is 5.91 Å². The standard InChI is InChI=1S/C13H14N2O3/c1-18-10-4-2-9-3-5-13(17)15(11(9)8-10)7-6-12(14)16/h2-5,8H,6-7H2,1H3,(H2,14,16). The first kappa shape index (κ1) is 12.2. The number of amides is 1. The molecule has 0 aliphatic heterocycles. The summed E-state index contributed by atoms with van der Waals surface area (Å²) in [7, 11) is 1.57. The normalized spacial score (nSPS) is 10.5. The Balaban J connectivity index is 2.56. The van der Waals surface area contributed by atoms with Gasteiger partial charge in [-0.25, -0.2) is 0 Å². The van der Waals surface area contributed by atoms with Crippen molar-refractivity contribution in [2.45, 2.75) is 13.0 Å². The van der Waals surface area contributed by atoms with Crippen LogP contribution in [0.1, 0.15) is 6.42 Å². The van der Waals surface area contributed by atoms with Gasteiger partial charge in [-0.3, -0.25) is 9.59 Å². The van der Waals surface area contributed by atoms with Gasteiger partial charge in [0, 0.05) is 25.1 Å². The number of primary amides is 1. The molecule has 1 aromatic heterocycles. The minimum Gasteiger partial charge on any atom is -0.497 e. The average Bonchev–Trinajstić information content (AvgIpc) is 2.36. The van der Waals surface area contributed by atoms with Crippen LogP contribution in [0.3, 0.4) is 0 Å². The van der Waals surface area contributed by atoms with Gasteiger partial charge in [0.15, 0.2) is 0 Å². The van der Waals surface area contributed by atoms with Gasteiger partial charge in [-0.05, 0) is 23.6 Å². The maximum Gasteiger partial charge on any atom is 0.251 e. The van der Waals surface area contributed by atoms with E-state index in [-0.39, 0.29) is 18.5 Å². The smallest absolute Gasteiger partial charge is 0.251 e. The van der Waals surface area contributed by atoms with E-state index in [2.05, 4.69) is 0 Å². The third-order valence-electron chi connectivity index (χ3n) is 2.78. The zero-order chi connectivity index (χ0) is 13.1. The maximum atomic E-state index is 11.8. The van der Waals surface area contributed by atoms with E-state index in [1.807, 2.05) is 12.1 Å². The van der Waals surface area contributed by atoms with Crippen molar-refractivity contribution in [3.05, 3.63) is 40.7 Å². The number of aromatic nitrogens is 1. The second-order valence-electron chi connectivity index (χ2n) is 3.96. The third-order valence-corrected chi connectivity index (χ3v) is 2.78. The summed E-state index contributed by atoms with van der Waals surface area (Å²) in [5, 5.41) is 0.917. The van der Waals surface area contributed by atoms with Gasteiger partial charge in [-0.15, -0.1) is 0 Å². The van der Waals surface area contributed by atoms with Crippen LogP contribution in [0.15, 0.2) is 35.1 Å². The first-order chi connectivity index (χ1) is 8.61. The molecule has 0 aliphatic rings. The van der Waals surface area contributed by atoms with Gasteiger partial charge in [0.2, 0.25) is 5.91 Å². The number of methoxy groups -OCH3 is 1. The summed E-state index contributed by atoms with van der Waals surface area (Å²) < 4.78 is 6.67. The second kappa shape index (κ2) is 4.91. The van der Waals surface area contributed by atoms with E-state index in [9.17, 15) is 9.59 Å². The highest BCUT2D eigenvalue weighted by Crippen LogP contribution is 2.19. The van der Waals surface area contributed by atoms with Crippen LogP contribution < -0.4 is 16.0 Å². The first-order valence-corrected chi connectivity index (χ1v) is 5.58. The van der Waals surface area contributed by atoms with Crippen molar-refractivity contribution in [2.75, 3.05) is 7.11 Å². The van der Waals surface area contributed by atoms with Crippen LogP contribution in [0.5, 0.6) is 5.75 Å². The molecule has 0 saturated heterocycles. The summed E-state index contributed by atoms with van der Waals surface area (Å²) in [5.74, 6) is 0.239. The number of ether oxygens (including phenoxy) is 1. The number of nitrogens with two attached hydrogens (primary N) is 1. The number of nitrogens with zero attached hydrogens (tertiary/aromatic N) is 1. The Hall–Kier alpha value is -2.30. The predicted octanol–water partition coefficient (Wildman–Crippen LogP) is 0.885. The summed E-state index contributed by atoms with van der Waals surface area (Å²) in [6.45, 7) is 0.276. The fraction of sp³-hybridized carbons (Fsp3) is 0.231. The lowest BCUT2D eigenvalue weighted by Gasteiger charge is -2.10. The molecule has 0 saturated carbocycles. The lowest BCUT2D eigenvalue weighted by molar-refractivity contribution is -0.118. The minimum atomic E-state index is -0.429. The summed E-state index contributed by atoms with van der Waals surface area (Å²) in [4.78, 5) is 22.6. The van der Waals surface area contributed by atoms with E-state index >= 15 is 0 Å². The van der Waals surface area contributed by atoms with Gasteiger partial charge in [0.05, 0.1) is 12.6 Å². The summed E-state index contributed by atoms with van der Waals surface area (Å²) >= 11 is 0. The van der Waals surface area contributed by atoms with Crippen LogP contribution >= 0.6 is 0 Å². The summed E-state index contributed by atoms with van der Waals surface area (Å²) in [6, 6.07) is 8.70. The molecule has 0 bridgehead atoms. The van der Waals surface area contributed by atoms with Gasteiger partial charge < -0.3 is 15.0 Å². The Labute approximate surface area is 104 Å². The molecule has 1 amide bonds. The number of hydrogen-bond acceptors (Lipinski definition) is 3. The van der Waals surface area contributed by atoms with Gasteiger partial charge >= 0.3 is 0 Å². The fourth-order valence-electron chi connectivity index (χ4n) is 1.85. The number of pyridine rings is 1. The van der Waals surface area contributed by atoms with Crippen LogP contribution in [0.2, 0.25) is 0 Å². The van der Waals surface area contributed by atoms with Crippen molar-refractivity contribution in [2.24, 2.45) is 5.73 Å². The molecule has 0 radical (unpaired) electrons. The lowest BCUT2D eigenvalue weighted by atomic mass is 10.2. The molecular weight excluding hydrogens is 232 g/mol. The Bertz CT molecular complexity index is 646. The molecule has 2 N–H and O–H groups in total. The summed E-state index contributed by atoms with van der Waals surface area (Å²) in [5.41, 5.74) is 5.69. The summed E-state index contributed by atoms with van der Waals surface area (Å²) in [6.07, 6.45) is 0.135. The van der Waals surface area contributed by atoms with E-state index in [1.165, 1.54) is 10.6 Å². The predicted molar refractivity (Wildman–Crippen MR) is 68.6 cm³/mol. The van der Waals surface area contributed by atoms with Crippen molar-refractivity contribution in [1.29, 1.82) is 0 Å². The lowest BCUT2D eigenvalue weighted by Crippen LogP contribution is -2.23. The Morgan fingerprint density at radius 1 is 1.33 bits per heavy atom. The fourth-order valence-corrected chi connectivity index (χ4v) is 1.85. The van der Waals surface area contributed by atoms with E-state index in [0.717, 1.165) is 10.9 Å². The van der Waals surface area contributed by atoms with Gasteiger partial charge in [0.1, 0.15) is 5.75 Å². The van der Waals surface area contributed by atoms with Crippen LogP contribution in [0.4, 0.5) is 0 Å². The Kier molecular flexibility index (Phi) is 3.32. The highest BCUT2D eigenvalue weighted by molar-refractivity contribution is 5.80. The highest BCUT2D eigenvalue weighted by Gasteiger charge is 2.05. The molecule has 0 unspecified atom stereocenters. The number of rotatable bonds is 4. The van der Waals surface area contributed by atoms with Crippen molar-refractivity contribution in [3.8, 4) is 5.75 Å². The molecule has 18 heavy (non-hydrogen) atoms. The molecule has 0 atom stereocenters. The molecule has 0 fully saturated rings. The number of carbonyl (C=O) groups excluding carboxylic acids is 1. The Morgan fingerprint density at radius 2 is 2.06 bits per heavy atom. The average molecular weight is 246 g/mol. The minimum absolute atomic E-state index is 0.135. The monoisotopic (exact) mass is 246 g/mol. The molecule has 5 nitrogen and oxygen atoms in total. The molecule has 1 heterocycles. The maximum absolute atomic E-state index is 11.8.